The number of hydrazone groups is 1. The van der Waals surface area contributed by atoms with Crippen molar-refractivity contribution >= 4 is 29.6 Å². The van der Waals surface area contributed by atoms with E-state index in [1.807, 2.05) is 0 Å². The van der Waals surface area contributed by atoms with E-state index in [-0.39, 0.29) is 13.2 Å². The number of nitrogens with two attached hydrogens (primary N) is 1. The lowest BCUT2D eigenvalue weighted by Crippen LogP contribution is -2.24. The first-order valence-electron chi connectivity index (χ1n) is 7.78. The molecule has 3 N–H and O–H groups in total. The van der Waals surface area contributed by atoms with E-state index >= 15 is 0 Å². The number of halogens is 1. The van der Waals surface area contributed by atoms with Gasteiger partial charge in [-0.1, -0.05) is 23.7 Å². The average Bonchev–Trinajstić information content (AvgIpc) is 2.66. The molecule has 0 bridgehead atoms. The number of rotatable bonds is 9. The summed E-state index contributed by atoms with van der Waals surface area (Å²) in [6, 6.07) is 11.7. The van der Waals surface area contributed by atoms with E-state index in [0.717, 1.165) is 0 Å². The van der Waals surface area contributed by atoms with Crippen LogP contribution in [0.5, 0.6) is 17.2 Å². The number of amides is 2. The maximum absolute atomic E-state index is 11.8. The number of nitrogens with zero attached hydrogens (tertiary/aromatic N) is 1. The molecule has 0 unspecified atom stereocenters. The number of nitrogens with one attached hydrogen (secondary N) is 1. The summed E-state index contributed by atoms with van der Waals surface area (Å²) in [5.41, 5.74) is 8.03. The molecule has 2 amide bonds. The van der Waals surface area contributed by atoms with Crippen LogP contribution in [-0.4, -0.2) is 38.4 Å². The van der Waals surface area contributed by atoms with Crippen LogP contribution in [0.25, 0.3) is 0 Å². The highest BCUT2D eigenvalue weighted by Crippen LogP contribution is 2.27. The molecule has 2 aromatic rings. The SMILES string of the molecule is COc1cc(/C=N/NC(=O)COc2ccccc2Cl)ccc1OCC(N)=O. The van der Waals surface area contributed by atoms with E-state index in [4.69, 9.17) is 31.5 Å². The largest absolute Gasteiger partial charge is 0.493 e. The van der Waals surface area contributed by atoms with Crippen molar-refractivity contribution in [1.82, 2.24) is 5.43 Å². The van der Waals surface area contributed by atoms with Crippen LogP contribution in [0.2, 0.25) is 5.02 Å². The first-order chi connectivity index (χ1) is 13.0. The molecular formula is C18H18ClN3O5. The van der Waals surface area contributed by atoms with Gasteiger partial charge in [-0.3, -0.25) is 9.59 Å². The molecule has 0 aliphatic carbocycles. The van der Waals surface area contributed by atoms with Crippen LogP contribution in [0.4, 0.5) is 0 Å². The molecule has 27 heavy (non-hydrogen) atoms. The first-order valence-corrected chi connectivity index (χ1v) is 8.15. The fraction of sp³-hybridized carbons (Fsp3) is 0.167. The minimum atomic E-state index is -0.593. The Morgan fingerprint density at radius 3 is 2.56 bits per heavy atom. The number of para-hydroxylation sites is 1. The Hall–Kier alpha value is -3.26. The summed E-state index contributed by atoms with van der Waals surface area (Å²) in [5.74, 6) is 0.137. The molecule has 0 aliphatic heterocycles. The second kappa shape index (κ2) is 10.0. The minimum absolute atomic E-state index is 0.232. The summed E-state index contributed by atoms with van der Waals surface area (Å²) in [6.45, 7) is -0.491. The van der Waals surface area contributed by atoms with Crippen molar-refractivity contribution < 1.29 is 23.8 Å². The lowest BCUT2D eigenvalue weighted by Gasteiger charge is -2.09. The zero-order valence-electron chi connectivity index (χ0n) is 14.5. The van der Waals surface area contributed by atoms with E-state index in [9.17, 15) is 9.59 Å². The lowest BCUT2D eigenvalue weighted by molar-refractivity contribution is -0.123. The van der Waals surface area contributed by atoms with Crippen LogP contribution in [0.15, 0.2) is 47.6 Å². The molecule has 8 nitrogen and oxygen atoms in total. The van der Waals surface area contributed by atoms with Crippen LogP contribution in [0.3, 0.4) is 0 Å². The predicted molar refractivity (Wildman–Crippen MR) is 100 cm³/mol. The van der Waals surface area contributed by atoms with Crippen LogP contribution in [0, 0.1) is 0 Å². The molecule has 2 rings (SSSR count). The lowest BCUT2D eigenvalue weighted by atomic mass is 10.2. The van der Waals surface area contributed by atoms with Crippen molar-refractivity contribution in [2.75, 3.05) is 20.3 Å². The smallest absolute Gasteiger partial charge is 0.277 e. The molecule has 142 valence electrons. The van der Waals surface area contributed by atoms with Gasteiger partial charge in [0.1, 0.15) is 5.75 Å². The van der Waals surface area contributed by atoms with Gasteiger partial charge in [0, 0.05) is 0 Å². The second-order valence-electron chi connectivity index (χ2n) is 5.18. The van der Waals surface area contributed by atoms with Crippen LogP contribution >= 0.6 is 11.6 Å². The van der Waals surface area contributed by atoms with Gasteiger partial charge in [-0.25, -0.2) is 5.43 Å². The Morgan fingerprint density at radius 1 is 1.11 bits per heavy atom. The molecule has 0 atom stereocenters. The number of benzene rings is 2. The van der Waals surface area contributed by atoms with Gasteiger partial charge in [-0.05, 0) is 35.9 Å². The van der Waals surface area contributed by atoms with Gasteiger partial charge in [-0.2, -0.15) is 5.10 Å². The molecule has 0 heterocycles. The molecule has 0 spiro atoms. The van der Waals surface area contributed by atoms with Crippen molar-refractivity contribution in [2.45, 2.75) is 0 Å². The summed E-state index contributed by atoms with van der Waals surface area (Å²) in [7, 11) is 1.46. The molecule has 0 saturated carbocycles. The zero-order chi connectivity index (χ0) is 19.6. The number of ether oxygens (including phenoxy) is 3. The molecule has 2 aromatic carbocycles. The maximum atomic E-state index is 11.8. The summed E-state index contributed by atoms with van der Waals surface area (Å²) in [6.07, 6.45) is 1.42. The van der Waals surface area contributed by atoms with E-state index < -0.39 is 11.8 Å². The average molecular weight is 392 g/mol. The number of primary amides is 1. The monoisotopic (exact) mass is 391 g/mol. The maximum Gasteiger partial charge on any atom is 0.277 e. The third kappa shape index (κ3) is 6.52. The van der Waals surface area contributed by atoms with Gasteiger partial charge < -0.3 is 19.9 Å². The predicted octanol–water partition coefficient (Wildman–Crippen LogP) is 1.74. The molecule has 0 saturated heterocycles. The Bertz CT molecular complexity index is 841. The van der Waals surface area contributed by atoms with E-state index in [0.29, 0.717) is 27.8 Å². The highest BCUT2D eigenvalue weighted by molar-refractivity contribution is 6.32. The standard InChI is InChI=1S/C18H18ClN3O5/c1-25-16-8-12(6-7-15(16)26-10-17(20)23)9-21-22-18(24)11-27-14-5-3-2-4-13(14)19/h2-9H,10-11H2,1H3,(H2,20,23)(H,22,24)/b21-9+. The molecule has 0 aliphatic rings. The van der Waals surface area contributed by atoms with Crippen LogP contribution < -0.4 is 25.4 Å². The van der Waals surface area contributed by atoms with Crippen molar-refractivity contribution in [2.24, 2.45) is 10.8 Å². The van der Waals surface area contributed by atoms with E-state index in [1.165, 1.54) is 13.3 Å². The Kier molecular flexibility index (Phi) is 7.45. The molecule has 0 fully saturated rings. The second-order valence-corrected chi connectivity index (χ2v) is 5.58. The zero-order valence-corrected chi connectivity index (χ0v) is 15.2. The number of hydrogen-bond acceptors (Lipinski definition) is 6. The van der Waals surface area contributed by atoms with Crippen molar-refractivity contribution in [1.29, 1.82) is 0 Å². The summed E-state index contributed by atoms with van der Waals surface area (Å²) >= 11 is 5.94. The number of carbonyl (C=O) groups excluding carboxylic acids is 2. The van der Waals surface area contributed by atoms with Gasteiger partial charge >= 0.3 is 0 Å². The van der Waals surface area contributed by atoms with Gasteiger partial charge in [0.25, 0.3) is 11.8 Å². The van der Waals surface area contributed by atoms with Gasteiger partial charge in [0.15, 0.2) is 24.7 Å². The highest BCUT2D eigenvalue weighted by atomic mass is 35.5. The van der Waals surface area contributed by atoms with Crippen molar-refractivity contribution in [3.05, 3.63) is 53.1 Å². The molecule has 0 aromatic heterocycles. The van der Waals surface area contributed by atoms with Crippen LogP contribution in [0.1, 0.15) is 5.56 Å². The molecule has 0 radical (unpaired) electrons. The number of hydrogen-bond donors (Lipinski definition) is 2. The van der Waals surface area contributed by atoms with E-state index in [1.54, 1.807) is 42.5 Å². The van der Waals surface area contributed by atoms with Gasteiger partial charge in [0.2, 0.25) is 0 Å². The summed E-state index contributed by atoms with van der Waals surface area (Å²) < 4.78 is 15.7. The highest BCUT2D eigenvalue weighted by Gasteiger charge is 2.07. The number of carbonyl (C=O) groups is 2. The fourth-order valence-corrected chi connectivity index (χ4v) is 2.14. The van der Waals surface area contributed by atoms with Crippen molar-refractivity contribution in [3.63, 3.8) is 0 Å². The third-order valence-corrected chi connectivity index (χ3v) is 3.47. The minimum Gasteiger partial charge on any atom is -0.493 e. The summed E-state index contributed by atoms with van der Waals surface area (Å²) in [5, 5.41) is 4.26. The first kappa shape index (κ1) is 20.1. The molecule has 9 heteroatoms. The summed E-state index contributed by atoms with van der Waals surface area (Å²) in [4.78, 5) is 22.5. The Balaban J connectivity index is 1.88. The van der Waals surface area contributed by atoms with Crippen molar-refractivity contribution in [3.8, 4) is 17.2 Å². The molecular weight excluding hydrogens is 374 g/mol. The topological polar surface area (TPSA) is 112 Å². The normalized spacial score (nSPS) is 10.4. The van der Waals surface area contributed by atoms with Gasteiger partial charge in [0.05, 0.1) is 18.3 Å². The number of methoxy groups -OCH3 is 1. The van der Waals surface area contributed by atoms with Crippen LogP contribution in [-0.2, 0) is 9.59 Å². The van der Waals surface area contributed by atoms with E-state index in [2.05, 4.69) is 10.5 Å². The third-order valence-electron chi connectivity index (χ3n) is 3.16. The Labute approximate surface area is 160 Å². The fourth-order valence-electron chi connectivity index (χ4n) is 1.95. The van der Waals surface area contributed by atoms with Gasteiger partial charge in [-0.15, -0.1) is 0 Å². The quantitative estimate of drug-likeness (QED) is 0.499. The Morgan fingerprint density at radius 2 is 1.85 bits per heavy atom.